The van der Waals surface area contributed by atoms with Gasteiger partial charge in [0.1, 0.15) is 11.3 Å². The third kappa shape index (κ3) is 4.62. The molecule has 1 fully saturated rings. The fourth-order valence-electron chi connectivity index (χ4n) is 4.21. The van der Waals surface area contributed by atoms with Crippen LogP contribution in [0.5, 0.6) is 5.75 Å². The molecule has 0 saturated carbocycles. The highest BCUT2D eigenvalue weighted by Gasteiger charge is 2.49. The van der Waals surface area contributed by atoms with E-state index in [0.717, 1.165) is 21.7 Å². The first-order valence-corrected chi connectivity index (χ1v) is 11.6. The molecule has 0 aliphatic carbocycles. The van der Waals surface area contributed by atoms with Crippen LogP contribution in [0, 0.1) is 6.92 Å². The Bertz CT molecular complexity index is 1160. The number of carbonyl (C=O) groups is 2. The van der Waals surface area contributed by atoms with E-state index in [4.69, 9.17) is 4.74 Å². The Hall–Kier alpha value is -3.23. The van der Waals surface area contributed by atoms with Crippen LogP contribution in [0.3, 0.4) is 0 Å². The average molecular weight is 466 g/mol. The number of hydrogen-bond acceptors (Lipinski definition) is 6. The molecule has 8 heteroatoms. The average Bonchev–Trinajstić information content (AvgIpc) is 3.39. The van der Waals surface area contributed by atoms with Crippen LogP contribution in [0.2, 0.25) is 0 Å². The van der Waals surface area contributed by atoms with Crippen LogP contribution in [-0.2, 0) is 11.3 Å². The lowest BCUT2D eigenvalue weighted by atomic mass is 9.95. The summed E-state index contributed by atoms with van der Waals surface area (Å²) in [4.78, 5) is 33.3. The van der Waals surface area contributed by atoms with Gasteiger partial charge in [-0.2, -0.15) is 0 Å². The number of aliphatic hydroxyl groups is 1. The second-order valence-electron chi connectivity index (χ2n) is 8.43. The van der Waals surface area contributed by atoms with Gasteiger partial charge in [-0.15, -0.1) is 11.3 Å². The Morgan fingerprint density at radius 1 is 1.27 bits per heavy atom. The number of aliphatic hydroxyl groups excluding tert-OH is 1. The summed E-state index contributed by atoms with van der Waals surface area (Å²) in [5.41, 5.74) is 4.12. The van der Waals surface area contributed by atoms with Crippen LogP contribution in [0.1, 0.15) is 35.0 Å². The molecule has 0 unspecified atom stereocenters. The van der Waals surface area contributed by atoms with Crippen molar-refractivity contribution in [1.29, 1.82) is 0 Å². The maximum absolute atomic E-state index is 13.2. The number of ether oxygens (including phenoxy) is 1. The molecule has 1 saturated heterocycles. The maximum Gasteiger partial charge on any atom is 0.254 e. The standard InChI is InChI=1S/C25H27N3O4S/c1-16-22(33-15-27-16)18-9-7-17(8-10-18)13-26-24(31)25(2)12-20(29)14-28(25)23(30)19-5-4-6-21(11-19)32-3/h4-11,15,20,29H,12-14H2,1-3H3,(H,26,31)/t20-,25+/m1/s1. The molecule has 2 aromatic carbocycles. The summed E-state index contributed by atoms with van der Waals surface area (Å²) in [5.74, 6) is -0.0474. The Labute approximate surface area is 197 Å². The number of amides is 2. The largest absolute Gasteiger partial charge is 0.497 e. The van der Waals surface area contributed by atoms with E-state index in [-0.39, 0.29) is 24.8 Å². The van der Waals surface area contributed by atoms with Crippen molar-refractivity contribution in [3.05, 3.63) is 70.9 Å². The smallest absolute Gasteiger partial charge is 0.254 e. The normalized spacial score (nSPS) is 20.0. The number of aryl methyl sites for hydroxylation is 1. The summed E-state index contributed by atoms with van der Waals surface area (Å²) >= 11 is 1.60. The van der Waals surface area contributed by atoms with Gasteiger partial charge in [0.2, 0.25) is 5.91 Å². The van der Waals surface area contributed by atoms with Crippen molar-refractivity contribution in [3.8, 4) is 16.2 Å². The van der Waals surface area contributed by atoms with E-state index in [9.17, 15) is 14.7 Å². The summed E-state index contributed by atoms with van der Waals surface area (Å²) in [7, 11) is 1.53. The molecular weight excluding hydrogens is 438 g/mol. The van der Waals surface area contributed by atoms with Crippen molar-refractivity contribution in [1.82, 2.24) is 15.2 Å². The van der Waals surface area contributed by atoms with Crippen molar-refractivity contribution in [2.24, 2.45) is 0 Å². The minimum Gasteiger partial charge on any atom is -0.497 e. The van der Waals surface area contributed by atoms with Crippen LogP contribution in [0.4, 0.5) is 0 Å². The van der Waals surface area contributed by atoms with E-state index < -0.39 is 11.6 Å². The van der Waals surface area contributed by atoms with Gasteiger partial charge in [0.25, 0.3) is 5.91 Å². The predicted molar refractivity (Wildman–Crippen MR) is 127 cm³/mol. The number of thiazole rings is 1. The van der Waals surface area contributed by atoms with E-state index in [1.807, 2.05) is 36.7 Å². The fraction of sp³-hybridized carbons (Fsp3) is 0.320. The predicted octanol–water partition coefficient (Wildman–Crippen LogP) is 3.41. The van der Waals surface area contributed by atoms with Gasteiger partial charge in [-0.1, -0.05) is 30.3 Å². The first kappa shape index (κ1) is 22.9. The molecule has 0 spiro atoms. The third-order valence-corrected chi connectivity index (χ3v) is 7.07. The van der Waals surface area contributed by atoms with Crippen molar-refractivity contribution in [2.45, 2.75) is 38.5 Å². The number of hydrogen-bond donors (Lipinski definition) is 2. The number of nitrogens with one attached hydrogen (secondary N) is 1. The molecule has 33 heavy (non-hydrogen) atoms. The van der Waals surface area contributed by atoms with Crippen molar-refractivity contribution >= 4 is 23.2 Å². The van der Waals surface area contributed by atoms with Crippen molar-refractivity contribution < 1.29 is 19.4 Å². The Morgan fingerprint density at radius 2 is 2.03 bits per heavy atom. The summed E-state index contributed by atoms with van der Waals surface area (Å²) < 4.78 is 5.21. The first-order valence-electron chi connectivity index (χ1n) is 10.7. The van der Waals surface area contributed by atoms with E-state index >= 15 is 0 Å². The topological polar surface area (TPSA) is 91.8 Å². The summed E-state index contributed by atoms with van der Waals surface area (Å²) in [6.45, 7) is 4.11. The van der Waals surface area contributed by atoms with Gasteiger partial charge in [-0.3, -0.25) is 9.59 Å². The second kappa shape index (κ2) is 9.33. The molecule has 3 aromatic rings. The minimum atomic E-state index is -1.15. The quantitative estimate of drug-likeness (QED) is 0.582. The zero-order chi connectivity index (χ0) is 23.6. The highest BCUT2D eigenvalue weighted by Crippen LogP contribution is 2.32. The number of carbonyl (C=O) groups excluding carboxylic acids is 2. The van der Waals surface area contributed by atoms with E-state index in [2.05, 4.69) is 10.3 Å². The maximum atomic E-state index is 13.2. The molecule has 1 aliphatic rings. The molecule has 2 heterocycles. The number of aromatic nitrogens is 1. The summed E-state index contributed by atoms with van der Waals surface area (Å²) in [5, 5.41) is 13.3. The van der Waals surface area contributed by atoms with Gasteiger partial charge >= 0.3 is 0 Å². The number of benzene rings is 2. The molecule has 4 rings (SSSR count). The van der Waals surface area contributed by atoms with Gasteiger partial charge < -0.3 is 20.1 Å². The van der Waals surface area contributed by atoms with Crippen LogP contribution >= 0.6 is 11.3 Å². The van der Waals surface area contributed by atoms with Crippen LogP contribution in [0.15, 0.2) is 54.0 Å². The molecular formula is C25H27N3O4S. The molecule has 172 valence electrons. The lowest BCUT2D eigenvalue weighted by molar-refractivity contribution is -0.130. The van der Waals surface area contributed by atoms with Gasteiger partial charge in [0.05, 0.1) is 29.3 Å². The molecule has 0 radical (unpaired) electrons. The number of β-amino-alcohol motifs (C(OH)–C–C–N with tert-alkyl or cyclic N) is 1. The number of methoxy groups -OCH3 is 1. The highest BCUT2D eigenvalue weighted by molar-refractivity contribution is 7.13. The molecule has 1 aliphatic heterocycles. The Kier molecular flexibility index (Phi) is 6.49. The van der Waals surface area contributed by atoms with Crippen molar-refractivity contribution in [3.63, 3.8) is 0 Å². The molecule has 7 nitrogen and oxygen atoms in total. The zero-order valence-electron chi connectivity index (χ0n) is 18.9. The monoisotopic (exact) mass is 465 g/mol. The number of rotatable bonds is 6. The lowest BCUT2D eigenvalue weighted by Gasteiger charge is -2.33. The van der Waals surface area contributed by atoms with Gasteiger partial charge in [0.15, 0.2) is 0 Å². The minimum absolute atomic E-state index is 0.100. The first-order chi connectivity index (χ1) is 15.8. The van der Waals surface area contributed by atoms with Crippen LogP contribution < -0.4 is 10.1 Å². The fourth-order valence-corrected chi connectivity index (χ4v) is 5.02. The molecule has 2 atom stereocenters. The second-order valence-corrected chi connectivity index (χ2v) is 9.28. The number of nitrogens with zero attached hydrogens (tertiary/aromatic N) is 2. The summed E-state index contributed by atoms with van der Waals surface area (Å²) in [6, 6.07) is 14.8. The van der Waals surface area contributed by atoms with Crippen LogP contribution in [-0.4, -0.2) is 52.1 Å². The van der Waals surface area contributed by atoms with Crippen LogP contribution in [0.25, 0.3) is 10.4 Å². The van der Waals surface area contributed by atoms with E-state index in [1.54, 1.807) is 42.5 Å². The van der Waals surface area contributed by atoms with Gasteiger partial charge in [-0.05, 0) is 43.2 Å². The summed E-state index contributed by atoms with van der Waals surface area (Å²) in [6.07, 6.45) is -0.588. The van der Waals surface area contributed by atoms with E-state index in [1.165, 1.54) is 12.0 Å². The Morgan fingerprint density at radius 3 is 2.70 bits per heavy atom. The molecule has 2 amide bonds. The SMILES string of the molecule is COc1cccc(C(=O)N2C[C@H](O)C[C@@]2(C)C(=O)NCc2ccc(-c3scnc3C)cc2)c1. The van der Waals surface area contributed by atoms with Gasteiger partial charge in [-0.25, -0.2) is 4.98 Å². The Balaban J connectivity index is 1.46. The van der Waals surface area contributed by atoms with Gasteiger partial charge in [0, 0.05) is 25.1 Å². The zero-order valence-corrected chi connectivity index (χ0v) is 19.7. The van der Waals surface area contributed by atoms with E-state index in [0.29, 0.717) is 17.9 Å². The molecule has 1 aromatic heterocycles. The molecule has 2 N–H and O–H groups in total. The molecule has 0 bridgehead atoms. The van der Waals surface area contributed by atoms with Crippen molar-refractivity contribution in [2.75, 3.05) is 13.7 Å². The number of likely N-dealkylation sites (tertiary alicyclic amines) is 1. The third-order valence-electron chi connectivity index (χ3n) is 6.09. The highest BCUT2D eigenvalue weighted by atomic mass is 32.1. The lowest BCUT2D eigenvalue weighted by Crippen LogP contribution is -2.55.